The van der Waals surface area contributed by atoms with E-state index in [0.29, 0.717) is 12.8 Å². The summed E-state index contributed by atoms with van der Waals surface area (Å²) in [5, 5.41) is 0. The van der Waals surface area contributed by atoms with Crippen LogP contribution in [0.25, 0.3) is 0 Å². The molecule has 9 heteroatoms. The molecule has 1 aromatic carbocycles. The minimum Gasteiger partial charge on any atom is -0.744 e. The van der Waals surface area contributed by atoms with Gasteiger partial charge < -0.3 is 14.0 Å². The summed E-state index contributed by atoms with van der Waals surface area (Å²) in [6.45, 7) is 4.32. The fourth-order valence-corrected chi connectivity index (χ4v) is 3.94. The van der Waals surface area contributed by atoms with E-state index in [1.165, 1.54) is 12.1 Å². The molecule has 0 saturated heterocycles. The summed E-state index contributed by atoms with van der Waals surface area (Å²) in [5.41, 5.74) is -0.837. The number of esters is 2. The zero-order valence-electron chi connectivity index (χ0n) is 21.3. The molecule has 1 rings (SSSR count). The predicted octanol–water partition coefficient (Wildman–Crippen LogP) is 2.96. The van der Waals surface area contributed by atoms with E-state index < -0.39 is 32.5 Å². The van der Waals surface area contributed by atoms with Crippen molar-refractivity contribution in [2.24, 2.45) is 0 Å². The average Bonchev–Trinajstić information content (AvgIpc) is 2.81. The summed E-state index contributed by atoms with van der Waals surface area (Å²) >= 11 is 0. The van der Waals surface area contributed by atoms with Crippen molar-refractivity contribution in [3.8, 4) is 0 Å². The Kier molecular flexibility index (Phi) is 19.8. The number of hydrogen-bond donors (Lipinski definition) is 0. The molecule has 0 N–H and O–H groups in total. The molecule has 0 bridgehead atoms. The average molecular weight is 533 g/mol. The Bertz CT molecular complexity index is 924. The Morgan fingerprint density at radius 3 is 1.80 bits per heavy atom. The van der Waals surface area contributed by atoms with Gasteiger partial charge in [-0.05, 0) is 76.3 Å². The summed E-state index contributed by atoms with van der Waals surface area (Å²) in [4.78, 5) is 24.5. The molecule has 0 unspecified atom stereocenters. The van der Waals surface area contributed by atoms with Gasteiger partial charge >= 0.3 is 63.3 Å². The maximum absolute atomic E-state index is 12.7. The third kappa shape index (κ3) is 14.5. The SMILES string of the molecule is CC/C=C/CCCCCOC(=O)c1cccc(S(=O)(=O)[O-])c1C(=O)OCCCCC/C=C/CC.[K+]. The number of rotatable bonds is 17. The quantitative estimate of drug-likeness (QED) is 0.0997. The van der Waals surface area contributed by atoms with E-state index in [1.54, 1.807) is 0 Å². The molecule has 0 amide bonds. The molecule has 0 spiro atoms. The molecule has 0 heterocycles. The summed E-state index contributed by atoms with van der Waals surface area (Å²) < 4.78 is 45.6. The first-order valence-corrected chi connectivity index (χ1v) is 13.5. The Hall–Kier alpha value is -0.814. The van der Waals surface area contributed by atoms with Crippen molar-refractivity contribution in [2.45, 2.75) is 83.0 Å². The van der Waals surface area contributed by atoms with Gasteiger partial charge in [0.1, 0.15) is 10.1 Å². The van der Waals surface area contributed by atoms with Crippen LogP contribution in [0.4, 0.5) is 0 Å². The van der Waals surface area contributed by atoms with Crippen LogP contribution in [-0.2, 0) is 19.6 Å². The van der Waals surface area contributed by atoms with Gasteiger partial charge in [-0.25, -0.2) is 18.0 Å². The number of unbranched alkanes of at least 4 members (excludes halogenated alkanes) is 6. The number of hydrogen-bond acceptors (Lipinski definition) is 7. The van der Waals surface area contributed by atoms with E-state index in [-0.39, 0.29) is 70.2 Å². The van der Waals surface area contributed by atoms with Crippen molar-refractivity contribution in [1.82, 2.24) is 0 Å². The van der Waals surface area contributed by atoms with Crippen LogP contribution in [0.15, 0.2) is 47.4 Å². The van der Waals surface area contributed by atoms with E-state index in [9.17, 15) is 22.6 Å². The second-order valence-corrected chi connectivity index (χ2v) is 9.21. The fraction of sp³-hybridized carbons (Fsp3) is 0.538. The normalized spacial score (nSPS) is 11.5. The summed E-state index contributed by atoms with van der Waals surface area (Å²) in [6.07, 6.45) is 17.1. The smallest absolute Gasteiger partial charge is 0.744 e. The van der Waals surface area contributed by atoms with Gasteiger partial charge in [-0.3, -0.25) is 0 Å². The Morgan fingerprint density at radius 2 is 1.31 bits per heavy atom. The number of allylic oxidation sites excluding steroid dienone is 4. The number of carbonyl (C=O) groups is 2. The second kappa shape index (κ2) is 20.3. The predicted molar refractivity (Wildman–Crippen MR) is 131 cm³/mol. The zero-order valence-corrected chi connectivity index (χ0v) is 25.2. The molecule has 0 fully saturated rings. The van der Waals surface area contributed by atoms with Crippen LogP contribution in [0.2, 0.25) is 0 Å². The first-order chi connectivity index (χ1) is 16.3. The van der Waals surface area contributed by atoms with Crippen LogP contribution in [-0.4, -0.2) is 38.1 Å². The van der Waals surface area contributed by atoms with Gasteiger partial charge in [0.15, 0.2) is 0 Å². The minimum atomic E-state index is -5.00. The first-order valence-electron chi connectivity index (χ1n) is 12.1. The van der Waals surface area contributed by atoms with Crippen molar-refractivity contribution >= 4 is 22.1 Å². The van der Waals surface area contributed by atoms with Crippen molar-refractivity contribution < 1.29 is 83.4 Å². The van der Waals surface area contributed by atoms with Gasteiger partial charge in [-0.1, -0.05) is 44.2 Å². The zero-order chi connectivity index (χ0) is 25.2. The standard InChI is InChI=1S/C26H38O7S.K/c1-3-5-7-9-11-13-15-20-32-25(27)22-18-17-19-23(34(29,30)31)24(22)26(28)33-21-16-14-12-10-8-6-4-2;/h5-8,17-19H,3-4,9-16,20-21H2,1-2H3,(H,29,30,31);/q;+1/p-1/b7-5+,8-6+;. The topological polar surface area (TPSA) is 110 Å². The summed E-state index contributed by atoms with van der Waals surface area (Å²) in [6, 6.07) is 3.50. The largest absolute Gasteiger partial charge is 1.00 e. The Labute approximate surface area is 252 Å². The maximum Gasteiger partial charge on any atom is 1.00 e. The monoisotopic (exact) mass is 532 g/mol. The van der Waals surface area contributed by atoms with E-state index in [2.05, 4.69) is 38.2 Å². The molecule has 190 valence electrons. The van der Waals surface area contributed by atoms with Crippen molar-refractivity contribution in [2.75, 3.05) is 13.2 Å². The van der Waals surface area contributed by atoms with Crippen molar-refractivity contribution in [3.63, 3.8) is 0 Å². The van der Waals surface area contributed by atoms with Gasteiger partial charge in [0, 0.05) is 0 Å². The van der Waals surface area contributed by atoms with E-state index in [1.807, 2.05) is 0 Å². The molecule has 1 aromatic rings. The van der Waals surface area contributed by atoms with Crippen molar-refractivity contribution in [3.05, 3.63) is 53.6 Å². The van der Waals surface area contributed by atoms with Crippen LogP contribution in [0.3, 0.4) is 0 Å². The number of benzene rings is 1. The van der Waals surface area contributed by atoms with Crippen LogP contribution < -0.4 is 51.4 Å². The third-order valence-electron chi connectivity index (χ3n) is 5.02. The van der Waals surface area contributed by atoms with Crippen LogP contribution in [0, 0.1) is 0 Å². The van der Waals surface area contributed by atoms with Gasteiger partial charge in [0.25, 0.3) is 0 Å². The number of ether oxygens (including phenoxy) is 2. The fourth-order valence-electron chi connectivity index (χ4n) is 3.25. The minimum absolute atomic E-state index is 0. The maximum atomic E-state index is 12.7. The first kappa shape index (κ1) is 34.2. The summed E-state index contributed by atoms with van der Waals surface area (Å²) in [5.74, 6) is -1.87. The summed E-state index contributed by atoms with van der Waals surface area (Å²) in [7, 11) is -5.00. The molecular formula is C26H37KO7S. The number of carbonyl (C=O) groups excluding carboxylic acids is 2. The Morgan fingerprint density at radius 1 is 0.800 bits per heavy atom. The van der Waals surface area contributed by atoms with Gasteiger partial charge in [-0.15, -0.1) is 0 Å². The van der Waals surface area contributed by atoms with Crippen LogP contribution >= 0.6 is 0 Å². The van der Waals surface area contributed by atoms with Gasteiger partial charge in [-0.2, -0.15) is 0 Å². The molecule has 0 atom stereocenters. The molecule has 0 aliphatic rings. The molecule has 35 heavy (non-hydrogen) atoms. The molecule has 0 aliphatic heterocycles. The van der Waals surface area contributed by atoms with E-state index in [4.69, 9.17) is 9.47 Å². The van der Waals surface area contributed by atoms with E-state index in [0.717, 1.165) is 57.4 Å². The molecule has 0 aromatic heterocycles. The van der Waals surface area contributed by atoms with Crippen LogP contribution in [0.5, 0.6) is 0 Å². The second-order valence-electron chi connectivity index (χ2n) is 7.86. The molecule has 0 saturated carbocycles. The van der Waals surface area contributed by atoms with Crippen molar-refractivity contribution in [1.29, 1.82) is 0 Å². The molecular weight excluding hydrogens is 495 g/mol. The van der Waals surface area contributed by atoms with Crippen LogP contribution in [0.1, 0.15) is 98.8 Å². The van der Waals surface area contributed by atoms with Gasteiger partial charge in [0.2, 0.25) is 0 Å². The van der Waals surface area contributed by atoms with E-state index >= 15 is 0 Å². The Balaban J connectivity index is 0.0000116. The molecule has 7 nitrogen and oxygen atoms in total. The third-order valence-corrected chi connectivity index (χ3v) is 5.90. The molecule has 0 radical (unpaired) electrons. The van der Waals surface area contributed by atoms with Gasteiger partial charge in [0.05, 0.1) is 29.2 Å². The molecule has 0 aliphatic carbocycles.